The topological polar surface area (TPSA) is 83.1 Å². The zero-order valence-electron chi connectivity index (χ0n) is 21.6. The largest absolute Gasteiger partial charge is 0.508 e. The maximum Gasteiger partial charge on any atom is 0.242 e. The van der Waals surface area contributed by atoms with Gasteiger partial charge in [0.1, 0.15) is 11.8 Å². The summed E-state index contributed by atoms with van der Waals surface area (Å²) in [5.41, 5.74) is 9.47. The highest BCUT2D eigenvalue weighted by Gasteiger charge is 2.55. The number of methoxy groups -OCH3 is 1. The van der Waals surface area contributed by atoms with E-state index >= 15 is 0 Å². The summed E-state index contributed by atoms with van der Waals surface area (Å²) in [5, 5.41) is 10.7. The van der Waals surface area contributed by atoms with Gasteiger partial charge in [0.15, 0.2) is 11.5 Å². The Morgan fingerprint density at radius 2 is 1.68 bits per heavy atom. The number of phenolic OH excluding ortho intramolecular Hbond substituents is 1. The summed E-state index contributed by atoms with van der Waals surface area (Å²) in [6.07, 6.45) is 0.754. The van der Waals surface area contributed by atoms with E-state index in [0.29, 0.717) is 30.6 Å². The highest BCUT2D eigenvalue weighted by Crippen LogP contribution is 2.49. The molecule has 3 N–H and O–H groups in total. The van der Waals surface area contributed by atoms with Crippen LogP contribution in [0.2, 0.25) is 0 Å². The van der Waals surface area contributed by atoms with Gasteiger partial charge < -0.3 is 19.5 Å². The lowest BCUT2D eigenvalue weighted by Crippen LogP contribution is -2.42. The highest BCUT2D eigenvalue weighted by atomic mass is 16.5. The molecule has 2 aliphatic rings. The Bertz CT molecular complexity index is 1230. The molecule has 1 amide bonds. The molecule has 0 saturated carbocycles. The van der Waals surface area contributed by atoms with Crippen molar-refractivity contribution in [2.45, 2.75) is 38.4 Å². The first kappa shape index (κ1) is 25.1. The van der Waals surface area contributed by atoms with E-state index in [1.165, 1.54) is 5.56 Å². The number of ether oxygens (including phenoxy) is 2. The van der Waals surface area contributed by atoms with Gasteiger partial charge in [-0.3, -0.25) is 4.79 Å². The van der Waals surface area contributed by atoms with Crippen LogP contribution in [0.4, 0.5) is 0 Å². The molecular weight excluding hydrogens is 466 g/mol. The van der Waals surface area contributed by atoms with Crippen molar-refractivity contribution < 1.29 is 19.4 Å². The summed E-state index contributed by atoms with van der Waals surface area (Å²) < 4.78 is 11.7. The second-order valence-corrected chi connectivity index (χ2v) is 10.2. The van der Waals surface area contributed by atoms with Crippen LogP contribution in [0.1, 0.15) is 42.6 Å². The molecule has 0 bridgehead atoms. The van der Waals surface area contributed by atoms with Crippen molar-refractivity contribution in [2.75, 3.05) is 20.3 Å². The number of para-hydroxylation sites is 1. The quantitative estimate of drug-likeness (QED) is 0.403. The minimum atomic E-state index is -0.409. The lowest BCUT2D eigenvalue weighted by Gasteiger charge is -2.32. The van der Waals surface area contributed by atoms with Gasteiger partial charge in [-0.1, -0.05) is 68.4 Å². The summed E-state index contributed by atoms with van der Waals surface area (Å²) in [4.78, 5) is 15.7. The number of nitrogens with zero attached hydrogens (tertiary/aromatic N) is 1. The number of rotatable bonds is 9. The molecule has 37 heavy (non-hydrogen) atoms. The number of hydrazine groups is 1. The average Bonchev–Trinajstić information content (AvgIpc) is 3.45. The lowest BCUT2D eigenvalue weighted by molar-refractivity contribution is -0.130. The molecule has 7 nitrogen and oxygen atoms in total. The minimum absolute atomic E-state index is 0.0513. The Balaban J connectivity index is 1.52. The van der Waals surface area contributed by atoms with Gasteiger partial charge in [0.05, 0.1) is 25.8 Å². The molecule has 2 fully saturated rings. The van der Waals surface area contributed by atoms with E-state index in [4.69, 9.17) is 9.47 Å². The van der Waals surface area contributed by atoms with Crippen molar-refractivity contribution in [3.63, 3.8) is 0 Å². The number of hydrogen-bond acceptors (Lipinski definition) is 6. The summed E-state index contributed by atoms with van der Waals surface area (Å²) in [6.45, 7) is 5.39. The van der Waals surface area contributed by atoms with E-state index in [1.807, 2.05) is 59.5 Å². The molecule has 3 aromatic rings. The molecule has 0 aromatic heterocycles. The van der Waals surface area contributed by atoms with Gasteiger partial charge >= 0.3 is 0 Å². The van der Waals surface area contributed by atoms with Gasteiger partial charge in [-0.25, -0.2) is 10.9 Å². The number of nitrogens with one attached hydrogen (secondary N) is 2. The van der Waals surface area contributed by atoms with Crippen LogP contribution in [-0.4, -0.2) is 42.2 Å². The maximum absolute atomic E-state index is 13.8. The van der Waals surface area contributed by atoms with E-state index in [2.05, 4.69) is 36.8 Å². The number of aromatic hydroxyl groups is 1. The van der Waals surface area contributed by atoms with E-state index in [1.54, 1.807) is 13.2 Å². The van der Waals surface area contributed by atoms with Gasteiger partial charge in [-0.2, -0.15) is 0 Å². The molecule has 0 aliphatic carbocycles. The molecule has 3 aromatic carbocycles. The third-order valence-electron chi connectivity index (χ3n) is 7.27. The van der Waals surface area contributed by atoms with Crippen LogP contribution in [0.3, 0.4) is 0 Å². The van der Waals surface area contributed by atoms with Crippen molar-refractivity contribution >= 4 is 5.91 Å². The molecule has 4 atom stereocenters. The Hall–Kier alpha value is -3.55. The van der Waals surface area contributed by atoms with Crippen LogP contribution in [0.5, 0.6) is 17.2 Å². The van der Waals surface area contributed by atoms with Gasteiger partial charge in [0.25, 0.3) is 0 Å². The first-order valence-corrected chi connectivity index (χ1v) is 12.9. The average molecular weight is 502 g/mol. The van der Waals surface area contributed by atoms with Gasteiger partial charge in [0, 0.05) is 18.0 Å². The molecule has 7 heteroatoms. The van der Waals surface area contributed by atoms with E-state index in [9.17, 15) is 9.90 Å². The zero-order valence-corrected chi connectivity index (χ0v) is 21.6. The third-order valence-corrected chi connectivity index (χ3v) is 7.27. The first-order valence-electron chi connectivity index (χ1n) is 12.9. The molecule has 194 valence electrons. The van der Waals surface area contributed by atoms with E-state index in [-0.39, 0.29) is 29.7 Å². The Morgan fingerprint density at radius 3 is 2.41 bits per heavy atom. The van der Waals surface area contributed by atoms with E-state index in [0.717, 1.165) is 17.5 Å². The summed E-state index contributed by atoms with van der Waals surface area (Å²) in [5.74, 6) is 1.86. The van der Waals surface area contributed by atoms with Crippen LogP contribution in [-0.2, 0) is 11.2 Å². The fourth-order valence-electron chi connectivity index (χ4n) is 5.50. The number of benzene rings is 3. The monoisotopic (exact) mass is 501 g/mol. The van der Waals surface area contributed by atoms with E-state index < -0.39 is 6.04 Å². The van der Waals surface area contributed by atoms with Crippen LogP contribution in [0, 0.1) is 11.8 Å². The Kier molecular flexibility index (Phi) is 7.35. The fourth-order valence-corrected chi connectivity index (χ4v) is 5.50. The second kappa shape index (κ2) is 10.8. The number of likely N-dealkylation sites (tertiary alicyclic amines) is 1. The predicted octanol–water partition coefficient (Wildman–Crippen LogP) is 4.40. The number of phenols is 1. The van der Waals surface area contributed by atoms with Crippen molar-refractivity contribution in [3.8, 4) is 17.2 Å². The molecule has 2 heterocycles. The van der Waals surface area contributed by atoms with Gasteiger partial charge in [-0.05, 0) is 41.7 Å². The molecule has 2 aliphatic heterocycles. The first-order chi connectivity index (χ1) is 18.0. The zero-order chi connectivity index (χ0) is 25.9. The van der Waals surface area contributed by atoms with Crippen LogP contribution in [0.15, 0.2) is 72.8 Å². The number of amides is 1. The lowest BCUT2D eigenvalue weighted by atomic mass is 9.83. The predicted molar refractivity (Wildman–Crippen MR) is 142 cm³/mol. The maximum atomic E-state index is 13.8. The fraction of sp³-hybridized carbons (Fsp3) is 0.367. The standard InChI is InChI=1S/C30H35N3O4/c1-19(2)18-37-24-14-13-21(17-25(24)36-3)29-26-27(22-11-7-8-12-23(22)34)31-32-28(26)30(35)33(29)16-15-20-9-5-4-6-10-20/h4-14,17,19,26-29,31-32,34H,15-16,18H2,1-3H3. The molecule has 0 spiro atoms. The van der Waals surface area contributed by atoms with Crippen molar-refractivity contribution in [1.29, 1.82) is 0 Å². The van der Waals surface area contributed by atoms with Gasteiger partial charge in [-0.15, -0.1) is 0 Å². The number of carbonyl (C=O) groups excluding carboxylic acids is 1. The molecular formula is C30H35N3O4. The normalized spacial score (nSPS) is 22.9. The van der Waals surface area contributed by atoms with Gasteiger partial charge in [0.2, 0.25) is 5.91 Å². The number of hydrogen-bond donors (Lipinski definition) is 3. The van der Waals surface area contributed by atoms with Crippen molar-refractivity contribution in [1.82, 2.24) is 15.8 Å². The number of fused-ring (bicyclic) bond motifs is 1. The van der Waals surface area contributed by atoms with Crippen LogP contribution in [0.25, 0.3) is 0 Å². The van der Waals surface area contributed by atoms with Crippen molar-refractivity contribution in [2.24, 2.45) is 11.8 Å². The van der Waals surface area contributed by atoms with Crippen LogP contribution < -0.4 is 20.3 Å². The molecule has 4 unspecified atom stereocenters. The third kappa shape index (κ3) is 5.02. The Labute approximate surface area is 218 Å². The number of carbonyl (C=O) groups is 1. The summed E-state index contributed by atoms with van der Waals surface area (Å²) in [7, 11) is 1.64. The van der Waals surface area contributed by atoms with Crippen LogP contribution >= 0.6 is 0 Å². The second-order valence-electron chi connectivity index (χ2n) is 10.2. The smallest absolute Gasteiger partial charge is 0.242 e. The Morgan fingerprint density at radius 1 is 0.946 bits per heavy atom. The SMILES string of the molecule is COc1cc(C2C3C(NNC3c3ccccc3O)C(=O)N2CCc2ccccc2)ccc1OCC(C)C. The summed E-state index contributed by atoms with van der Waals surface area (Å²) >= 11 is 0. The highest BCUT2D eigenvalue weighted by molar-refractivity contribution is 5.86. The van der Waals surface area contributed by atoms with Crippen molar-refractivity contribution in [3.05, 3.63) is 89.5 Å². The molecule has 5 rings (SSSR count). The molecule has 0 radical (unpaired) electrons. The summed E-state index contributed by atoms with van der Waals surface area (Å²) in [6, 6.07) is 22.6. The minimum Gasteiger partial charge on any atom is -0.508 e. The molecule has 2 saturated heterocycles.